The van der Waals surface area contributed by atoms with Gasteiger partial charge in [0, 0.05) is 5.02 Å². The second kappa shape index (κ2) is 3.55. The van der Waals surface area contributed by atoms with Crippen LogP contribution in [0.2, 0.25) is 5.02 Å². The van der Waals surface area contributed by atoms with Crippen molar-refractivity contribution < 1.29 is 13.2 Å². The lowest BCUT2D eigenvalue weighted by Crippen LogP contribution is -2.28. The lowest BCUT2D eigenvalue weighted by Gasteiger charge is -2.15. The zero-order valence-electron chi connectivity index (χ0n) is 6.48. The Kier molecular flexibility index (Phi) is 2.83. The summed E-state index contributed by atoms with van der Waals surface area (Å²) in [5, 5.41) is 0.247. The van der Waals surface area contributed by atoms with E-state index in [2.05, 4.69) is 0 Å². The zero-order valence-corrected chi connectivity index (χ0v) is 7.23. The second-order valence-electron chi connectivity index (χ2n) is 2.57. The molecule has 0 aliphatic carbocycles. The van der Waals surface area contributed by atoms with Crippen LogP contribution in [0.4, 0.5) is 13.2 Å². The van der Waals surface area contributed by atoms with Crippen molar-refractivity contribution in [3.05, 3.63) is 34.9 Å². The van der Waals surface area contributed by atoms with Crippen LogP contribution in [0.5, 0.6) is 0 Å². The third-order valence-corrected chi connectivity index (χ3v) is 1.80. The van der Waals surface area contributed by atoms with Gasteiger partial charge in [0.25, 0.3) is 0 Å². The highest BCUT2D eigenvalue weighted by atomic mass is 35.5. The molecule has 0 amide bonds. The summed E-state index contributed by atoms with van der Waals surface area (Å²) in [6.45, 7) is 0. The normalized spacial score (nSPS) is 14.2. The lowest BCUT2D eigenvalue weighted by molar-refractivity contribution is -0.149. The average Bonchev–Trinajstić information content (AvgIpc) is 2.01. The molecule has 0 heterocycles. The van der Waals surface area contributed by atoms with Crippen LogP contribution in [0, 0.1) is 0 Å². The molecule has 2 N–H and O–H groups in total. The summed E-state index contributed by atoms with van der Waals surface area (Å²) in [6.07, 6.45) is -4.43. The van der Waals surface area contributed by atoms with Crippen molar-refractivity contribution in [2.75, 3.05) is 0 Å². The van der Waals surface area contributed by atoms with Gasteiger partial charge in [0.1, 0.15) is 6.04 Å². The Bertz CT molecular complexity index is 298. The summed E-state index contributed by atoms with van der Waals surface area (Å²) >= 11 is 5.52. The fraction of sp³-hybridized carbons (Fsp3) is 0.250. The molecule has 1 atom stereocenters. The SMILES string of the molecule is NC(c1cccc(Cl)c1)C(F)(F)F. The molecule has 1 aromatic carbocycles. The molecule has 1 unspecified atom stereocenters. The Balaban J connectivity index is 2.96. The Morgan fingerprint density at radius 2 is 1.92 bits per heavy atom. The molecule has 0 bridgehead atoms. The first-order valence-electron chi connectivity index (χ1n) is 3.49. The van der Waals surface area contributed by atoms with Crippen molar-refractivity contribution in [2.24, 2.45) is 5.73 Å². The highest BCUT2D eigenvalue weighted by Crippen LogP contribution is 2.31. The van der Waals surface area contributed by atoms with E-state index in [1.54, 1.807) is 0 Å². The molecular weight excluding hydrogens is 203 g/mol. The van der Waals surface area contributed by atoms with Crippen LogP contribution in [0.3, 0.4) is 0 Å². The summed E-state index contributed by atoms with van der Waals surface area (Å²) in [5.41, 5.74) is 4.93. The molecule has 0 saturated heterocycles. The van der Waals surface area contributed by atoms with Gasteiger partial charge in [0.15, 0.2) is 0 Å². The maximum absolute atomic E-state index is 12.1. The van der Waals surface area contributed by atoms with Gasteiger partial charge in [-0.2, -0.15) is 13.2 Å². The standard InChI is InChI=1S/C8H7ClF3N/c9-6-3-1-2-5(4-6)7(13)8(10,11)12/h1-4,7H,13H2. The number of halogens is 4. The molecular formula is C8H7ClF3N. The van der Waals surface area contributed by atoms with Crippen molar-refractivity contribution >= 4 is 11.6 Å². The Hall–Kier alpha value is -0.740. The van der Waals surface area contributed by atoms with E-state index in [0.717, 1.165) is 0 Å². The summed E-state index contributed by atoms with van der Waals surface area (Å²) in [4.78, 5) is 0. The summed E-state index contributed by atoms with van der Waals surface area (Å²) in [5.74, 6) is 0. The van der Waals surface area contributed by atoms with Gasteiger partial charge in [-0.3, -0.25) is 0 Å². The van der Waals surface area contributed by atoms with E-state index < -0.39 is 12.2 Å². The van der Waals surface area contributed by atoms with Crippen LogP contribution in [0.1, 0.15) is 11.6 Å². The molecule has 0 saturated carbocycles. The molecule has 1 nitrogen and oxygen atoms in total. The van der Waals surface area contributed by atoms with Gasteiger partial charge in [0.05, 0.1) is 0 Å². The van der Waals surface area contributed by atoms with Crippen molar-refractivity contribution in [3.8, 4) is 0 Å². The fourth-order valence-corrected chi connectivity index (χ4v) is 1.09. The molecule has 0 spiro atoms. The summed E-state index contributed by atoms with van der Waals surface area (Å²) in [7, 11) is 0. The predicted octanol–water partition coefficient (Wildman–Crippen LogP) is 2.90. The largest absolute Gasteiger partial charge is 0.407 e. The van der Waals surface area contributed by atoms with E-state index in [-0.39, 0.29) is 10.6 Å². The first-order chi connectivity index (χ1) is 5.91. The van der Waals surface area contributed by atoms with Crippen LogP contribution in [0.25, 0.3) is 0 Å². The van der Waals surface area contributed by atoms with Gasteiger partial charge < -0.3 is 5.73 Å². The molecule has 0 aromatic heterocycles. The van der Waals surface area contributed by atoms with E-state index in [9.17, 15) is 13.2 Å². The minimum Gasteiger partial charge on any atom is -0.316 e. The molecule has 1 rings (SSSR count). The van der Waals surface area contributed by atoms with Crippen LogP contribution in [0.15, 0.2) is 24.3 Å². The average molecular weight is 210 g/mol. The molecule has 0 radical (unpaired) electrons. The van der Waals surface area contributed by atoms with E-state index in [4.69, 9.17) is 17.3 Å². The van der Waals surface area contributed by atoms with Crippen LogP contribution in [-0.4, -0.2) is 6.18 Å². The van der Waals surface area contributed by atoms with Crippen molar-refractivity contribution in [2.45, 2.75) is 12.2 Å². The minimum absolute atomic E-state index is 0.0278. The molecule has 0 aliphatic heterocycles. The van der Waals surface area contributed by atoms with Gasteiger partial charge in [-0.15, -0.1) is 0 Å². The highest BCUT2D eigenvalue weighted by molar-refractivity contribution is 6.30. The molecule has 0 aliphatic rings. The Labute approximate surface area is 78.3 Å². The molecule has 1 aromatic rings. The van der Waals surface area contributed by atoms with Crippen LogP contribution in [-0.2, 0) is 0 Å². The highest BCUT2D eigenvalue weighted by Gasteiger charge is 2.37. The number of nitrogens with two attached hydrogens (primary N) is 1. The van der Waals surface area contributed by atoms with Gasteiger partial charge in [0.2, 0.25) is 0 Å². The maximum atomic E-state index is 12.1. The second-order valence-corrected chi connectivity index (χ2v) is 3.01. The first kappa shape index (κ1) is 10.3. The lowest BCUT2D eigenvalue weighted by atomic mass is 10.1. The van der Waals surface area contributed by atoms with Crippen LogP contribution >= 0.6 is 11.6 Å². The van der Waals surface area contributed by atoms with Gasteiger partial charge in [-0.1, -0.05) is 23.7 Å². The summed E-state index contributed by atoms with van der Waals surface area (Å²) < 4.78 is 36.3. The third-order valence-electron chi connectivity index (χ3n) is 1.56. The quantitative estimate of drug-likeness (QED) is 0.756. The summed E-state index contributed by atoms with van der Waals surface area (Å²) in [6, 6.07) is 3.47. The van der Waals surface area contributed by atoms with Gasteiger partial charge in [-0.05, 0) is 17.7 Å². The number of alkyl halides is 3. The van der Waals surface area contributed by atoms with Crippen LogP contribution < -0.4 is 5.73 Å². The van der Waals surface area contributed by atoms with E-state index in [1.165, 1.54) is 24.3 Å². The molecule has 13 heavy (non-hydrogen) atoms. The van der Waals surface area contributed by atoms with Gasteiger partial charge >= 0.3 is 6.18 Å². The van der Waals surface area contributed by atoms with Crippen molar-refractivity contribution in [3.63, 3.8) is 0 Å². The van der Waals surface area contributed by atoms with E-state index >= 15 is 0 Å². The van der Waals surface area contributed by atoms with E-state index in [1.807, 2.05) is 0 Å². The molecule has 0 fully saturated rings. The number of hydrogen-bond donors (Lipinski definition) is 1. The van der Waals surface area contributed by atoms with Gasteiger partial charge in [-0.25, -0.2) is 0 Å². The predicted molar refractivity (Wildman–Crippen MR) is 44.4 cm³/mol. The zero-order chi connectivity index (χ0) is 10.1. The monoisotopic (exact) mass is 209 g/mol. The first-order valence-corrected chi connectivity index (χ1v) is 3.87. The molecule has 5 heteroatoms. The number of hydrogen-bond acceptors (Lipinski definition) is 1. The Morgan fingerprint density at radius 3 is 2.38 bits per heavy atom. The van der Waals surface area contributed by atoms with E-state index in [0.29, 0.717) is 0 Å². The molecule has 72 valence electrons. The van der Waals surface area contributed by atoms with Crippen molar-refractivity contribution in [1.29, 1.82) is 0 Å². The smallest absolute Gasteiger partial charge is 0.316 e. The number of benzene rings is 1. The third kappa shape index (κ3) is 2.60. The number of rotatable bonds is 1. The Morgan fingerprint density at radius 1 is 1.31 bits per heavy atom. The van der Waals surface area contributed by atoms with Crippen molar-refractivity contribution in [1.82, 2.24) is 0 Å². The topological polar surface area (TPSA) is 26.0 Å². The fourth-order valence-electron chi connectivity index (χ4n) is 0.889. The maximum Gasteiger partial charge on any atom is 0.407 e. The minimum atomic E-state index is -4.43.